The first-order valence-electron chi connectivity index (χ1n) is 5.00. The molecule has 1 fully saturated rings. The molecule has 3 N–H and O–H groups in total. The zero-order valence-electron chi connectivity index (χ0n) is 8.66. The van der Waals surface area contributed by atoms with Gasteiger partial charge in [0.25, 0.3) is 0 Å². The average Bonchev–Trinajstić information content (AvgIpc) is 2.64. The van der Waals surface area contributed by atoms with Crippen LogP contribution in [0, 0.1) is 0 Å². The van der Waals surface area contributed by atoms with Crippen LogP contribution in [0.1, 0.15) is 12.8 Å². The van der Waals surface area contributed by atoms with Crippen molar-refractivity contribution in [1.82, 2.24) is 10.2 Å². The Labute approximate surface area is 84.6 Å². The molecular formula is C9H19N3O2. The molecule has 1 unspecified atom stereocenters. The van der Waals surface area contributed by atoms with E-state index < -0.39 is 0 Å². The summed E-state index contributed by atoms with van der Waals surface area (Å²) in [6, 6.07) is 0.0371. The van der Waals surface area contributed by atoms with Crippen LogP contribution in [-0.2, 0) is 4.74 Å². The van der Waals surface area contributed by atoms with Crippen molar-refractivity contribution >= 4 is 6.03 Å². The Balaban J connectivity index is 2.30. The van der Waals surface area contributed by atoms with Crippen LogP contribution in [0.3, 0.4) is 0 Å². The average molecular weight is 201 g/mol. The molecule has 0 bridgehead atoms. The van der Waals surface area contributed by atoms with Crippen molar-refractivity contribution < 1.29 is 9.53 Å². The first kappa shape index (κ1) is 11.3. The van der Waals surface area contributed by atoms with Crippen molar-refractivity contribution in [2.75, 3.05) is 33.4 Å². The molecular weight excluding hydrogens is 182 g/mol. The zero-order chi connectivity index (χ0) is 10.4. The summed E-state index contributed by atoms with van der Waals surface area (Å²) in [4.78, 5) is 12.7. The van der Waals surface area contributed by atoms with Gasteiger partial charge in [0.2, 0.25) is 0 Å². The van der Waals surface area contributed by atoms with Crippen molar-refractivity contribution in [2.45, 2.75) is 18.9 Å². The highest BCUT2D eigenvalue weighted by Crippen LogP contribution is 2.06. The number of nitrogens with one attached hydrogen (secondary N) is 1. The molecule has 2 amide bonds. The van der Waals surface area contributed by atoms with Crippen molar-refractivity contribution in [3.63, 3.8) is 0 Å². The van der Waals surface area contributed by atoms with Gasteiger partial charge in [-0.2, -0.15) is 0 Å². The maximum absolute atomic E-state index is 11.1. The molecule has 0 aromatic rings. The van der Waals surface area contributed by atoms with Crippen LogP contribution in [0.2, 0.25) is 0 Å². The second kappa shape index (κ2) is 5.82. The second-order valence-electron chi connectivity index (χ2n) is 3.57. The van der Waals surface area contributed by atoms with Gasteiger partial charge in [-0.05, 0) is 19.4 Å². The minimum atomic E-state index is -0.365. The number of carbonyl (C=O) groups excluding carboxylic acids is 1. The Bertz CT molecular complexity index is 181. The summed E-state index contributed by atoms with van der Waals surface area (Å²) in [5.74, 6) is 0. The number of hydrogen-bond donors (Lipinski definition) is 2. The molecule has 1 rings (SSSR count). The van der Waals surface area contributed by atoms with Crippen molar-refractivity contribution in [3.8, 4) is 0 Å². The first-order chi connectivity index (χ1) is 6.74. The molecule has 1 heterocycles. The van der Waals surface area contributed by atoms with Crippen LogP contribution in [0.15, 0.2) is 0 Å². The molecule has 1 aliphatic rings. The van der Waals surface area contributed by atoms with Gasteiger partial charge in [0.1, 0.15) is 0 Å². The normalized spacial score (nSPS) is 21.1. The van der Waals surface area contributed by atoms with Gasteiger partial charge in [-0.25, -0.2) is 4.79 Å². The van der Waals surface area contributed by atoms with E-state index >= 15 is 0 Å². The first-order valence-corrected chi connectivity index (χ1v) is 5.00. The van der Waals surface area contributed by atoms with E-state index in [0.29, 0.717) is 25.7 Å². The summed E-state index contributed by atoms with van der Waals surface area (Å²) >= 11 is 0. The summed E-state index contributed by atoms with van der Waals surface area (Å²) in [7, 11) is 1.62. The Morgan fingerprint density at radius 2 is 2.50 bits per heavy atom. The molecule has 82 valence electrons. The predicted octanol–water partition coefficient (Wildman–Crippen LogP) is -0.234. The molecule has 1 saturated heterocycles. The lowest BCUT2D eigenvalue weighted by Gasteiger charge is -2.23. The Hall–Kier alpha value is -0.810. The lowest BCUT2D eigenvalue weighted by molar-refractivity contribution is 0.149. The number of nitrogens with zero attached hydrogens (tertiary/aromatic N) is 1. The van der Waals surface area contributed by atoms with Gasteiger partial charge in [0, 0.05) is 26.2 Å². The molecule has 0 aliphatic carbocycles. The smallest absolute Gasteiger partial charge is 0.314 e. The zero-order valence-corrected chi connectivity index (χ0v) is 8.66. The number of ether oxygens (including phenoxy) is 1. The van der Waals surface area contributed by atoms with E-state index in [0.717, 1.165) is 13.0 Å². The van der Waals surface area contributed by atoms with Crippen LogP contribution < -0.4 is 11.1 Å². The fourth-order valence-corrected chi connectivity index (χ4v) is 1.67. The van der Waals surface area contributed by atoms with Crippen LogP contribution in [0.5, 0.6) is 0 Å². The summed E-state index contributed by atoms with van der Waals surface area (Å²) in [6.07, 6.45) is 2.30. The summed E-state index contributed by atoms with van der Waals surface area (Å²) < 4.78 is 4.92. The number of hydrogen-bond acceptors (Lipinski definition) is 3. The van der Waals surface area contributed by atoms with Crippen LogP contribution >= 0.6 is 0 Å². The van der Waals surface area contributed by atoms with E-state index in [9.17, 15) is 4.79 Å². The maximum atomic E-state index is 11.1. The fraction of sp³-hybridized carbons (Fsp3) is 0.889. The number of carbonyl (C=O) groups is 1. The minimum Gasteiger partial charge on any atom is -0.383 e. The number of urea groups is 1. The van der Waals surface area contributed by atoms with Gasteiger partial charge >= 0.3 is 6.03 Å². The molecule has 5 heteroatoms. The van der Waals surface area contributed by atoms with E-state index in [1.165, 1.54) is 6.42 Å². The van der Waals surface area contributed by atoms with Crippen molar-refractivity contribution in [2.24, 2.45) is 5.73 Å². The van der Waals surface area contributed by atoms with E-state index in [-0.39, 0.29) is 6.03 Å². The summed E-state index contributed by atoms with van der Waals surface area (Å²) in [5, 5.41) is 3.33. The Morgan fingerprint density at radius 1 is 1.71 bits per heavy atom. The fourth-order valence-electron chi connectivity index (χ4n) is 1.67. The molecule has 0 aromatic carbocycles. The molecule has 0 radical (unpaired) electrons. The van der Waals surface area contributed by atoms with Gasteiger partial charge in [-0.3, -0.25) is 0 Å². The third kappa shape index (κ3) is 3.51. The van der Waals surface area contributed by atoms with E-state index in [1.54, 1.807) is 12.0 Å². The largest absolute Gasteiger partial charge is 0.383 e. The lowest BCUT2D eigenvalue weighted by atomic mass is 10.2. The topological polar surface area (TPSA) is 67.6 Å². The number of amides is 2. The molecule has 0 saturated carbocycles. The monoisotopic (exact) mass is 201 g/mol. The van der Waals surface area contributed by atoms with E-state index in [2.05, 4.69) is 5.32 Å². The Morgan fingerprint density at radius 3 is 3.00 bits per heavy atom. The lowest BCUT2D eigenvalue weighted by Crippen LogP contribution is -2.45. The molecule has 1 atom stereocenters. The van der Waals surface area contributed by atoms with Gasteiger partial charge in [0.05, 0.1) is 6.61 Å². The standard InChI is InChI=1S/C9H19N3O2/c1-14-6-5-12(9(10)13)7-8-3-2-4-11-8/h8,11H,2-7H2,1H3,(H2,10,13). The van der Waals surface area contributed by atoms with Crippen molar-refractivity contribution in [1.29, 1.82) is 0 Å². The second-order valence-corrected chi connectivity index (χ2v) is 3.57. The van der Waals surface area contributed by atoms with Crippen LogP contribution in [-0.4, -0.2) is 50.3 Å². The third-order valence-corrected chi connectivity index (χ3v) is 2.48. The van der Waals surface area contributed by atoms with Gasteiger partial charge in [-0.1, -0.05) is 0 Å². The highest BCUT2D eigenvalue weighted by Gasteiger charge is 2.19. The SMILES string of the molecule is COCCN(CC1CCCN1)C(N)=O. The molecule has 5 nitrogen and oxygen atoms in total. The maximum Gasteiger partial charge on any atom is 0.314 e. The number of rotatable bonds is 5. The van der Waals surface area contributed by atoms with Crippen LogP contribution in [0.25, 0.3) is 0 Å². The number of nitrogens with two attached hydrogens (primary N) is 1. The van der Waals surface area contributed by atoms with E-state index in [4.69, 9.17) is 10.5 Å². The van der Waals surface area contributed by atoms with Gasteiger partial charge in [-0.15, -0.1) is 0 Å². The van der Waals surface area contributed by atoms with E-state index in [1.807, 2.05) is 0 Å². The highest BCUT2D eigenvalue weighted by molar-refractivity contribution is 5.72. The third-order valence-electron chi connectivity index (χ3n) is 2.48. The summed E-state index contributed by atoms with van der Waals surface area (Å²) in [5.41, 5.74) is 5.26. The molecule has 14 heavy (non-hydrogen) atoms. The number of methoxy groups -OCH3 is 1. The van der Waals surface area contributed by atoms with Crippen LogP contribution in [0.4, 0.5) is 4.79 Å². The summed E-state index contributed by atoms with van der Waals surface area (Å²) in [6.45, 7) is 2.85. The van der Waals surface area contributed by atoms with Crippen molar-refractivity contribution in [3.05, 3.63) is 0 Å². The molecule has 0 aromatic heterocycles. The minimum absolute atomic E-state index is 0.365. The molecule has 0 spiro atoms. The quantitative estimate of drug-likeness (QED) is 0.645. The Kier molecular flexibility index (Phi) is 4.69. The van der Waals surface area contributed by atoms with Gasteiger partial charge in [0.15, 0.2) is 0 Å². The highest BCUT2D eigenvalue weighted by atomic mass is 16.5. The molecule has 1 aliphatic heterocycles. The number of primary amides is 1. The van der Waals surface area contributed by atoms with Gasteiger partial charge < -0.3 is 20.7 Å². The predicted molar refractivity (Wildman–Crippen MR) is 54.1 cm³/mol.